The maximum absolute atomic E-state index is 12.4. The lowest BCUT2D eigenvalue weighted by Gasteiger charge is -2.27. The highest BCUT2D eigenvalue weighted by Gasteiger charge is 2.53. The molecule has 6 atom stereocenters. The summed E-state index contributed by atoms with van der Waals surface area (Å²) in [6.07, 6.45) is 16.0. The molecule has 238 valence electrons. The summed E-state index contributed by atoms with van der Waals surface area (Å²) in [6, 6.07) is 0.792. The first-order valence-corrected chi connectivity index (χ1v) is 17.1. The van der Waals surface area contributed by atoms with Gasteiger partial charge in [-0.1, -0.05) is 96.8 Å². The predicted octanol–water partition coefficient (Wildman–Crippen LogP) is 5.25. The molecule has 0 bridgehead atoms. The minimum absolute atomic E-state index is 0.0134. The number of aliphatic hydroxyl groups is 2. The van der Waals surface area contributed by atoms with Gasteiger partial charge in [-0.3, -0.25) is 23.4 Å². The minimum atomic E-state index is -4.48. The zero-order valence-corrected chi connectivity index (χ0v) is 26.5. The molecule has 1 aliphatic heterocycles. The van der Waals surface area contributed by atoms with Crippen LogP contribution in [0.2, 0.25) is 0 Å². The summed E-state index contributed by atoms with van der Waals surface area (Å²) in [5.41, 5.74) is 3.82. The first-order valence-electron chi connectivity index (χ1n) is 15.2. The number of nitrogens with zero attached hydrogens (tertiary/aromatic N) is 1. The Morgan fingerprint density at radius 2 is 1.61 bits per heavy atom. The van der Waals surface area contributed by atoms with Crippen LogP contribution >= 0.6 is 20.0 Å². The van der Waals surface area contributed by atoms with Gasteiger partial charge in [0, 0.05) is 18.3 Å². The molecule has 0 amide bonds. The highest BCUT2D eigenvalue weighted by atomic mass is 32.1. The topological polar surface area (TPSA) is 169 Å². The highest BCUT2D eigenvalue weighted by Crippen LogP contribution is 2.45. The molecule has 2 rings (SSSR count). The molecule has 2 unspecified atom stereocenters. The van der Waals surface area contributed by atoms with Gasteiger partial charge in [0.15, 0.2) is 11.0 Å². The third-order valence-corrected chi connectivity index (χ3v) is 8.90. The standard InChI is InChI=1S/C28H52N3O8PS/c1-3-4-5-6-7-8-9-10-11-12-13-14-15-16-17-22(29)20-37-40(35,36)38-21-23-25(33)28(2,34)26(39-23)31-19-18-24(32)30-27(31)41/h18-19,22-23,25-26,33-34H,3-17,20-21,29H2,1-2H3,(H,35,36)(H,30,32,41)/t22-,23-,25?,26-,28-/m1/s1. The number of nitrogens with two attached hydrogens (primary N) is 1. The molecule has 0 aromatic carbocycles. The predicted molar refractivity (Wildman–Crippen MR) is 161 cm³/mol. The van der Waals surface area contributed by atoms with Crippen molar-refractivity contribution in [1.29, 1.82) is 0 Å². The smallest absolute Gasteiger partial charge is 0.387 e. The number of phosphoric acid groups is 1. The van der Waals surface area contributed by atoms with Crippen LogP contribution in [0.15, 0.2) is 17.1 Å². The molecule has 6 N–H and O–H groups in total. The van der Waals surface area contributed by atoms with Crippen LogP contribution in [0.5, 0.6) is 0 Å². The van der Waals surface area contributed by atoms with Crippen LogP contribution in [0.4, 0.5) is 0 Å². The molecule has 0 radical (unpaired) electrons. The van der Waals surface area contributed by atoms with Gasteiger partial charge in [0.1, 0.15) is 17.8 Å². The maximum atomic E-state index is 12.4. The number of ether oxygens (including phenoxy) is 1. The van der Waals surface area contributed by atoms with Gasteiger partial charge in [-0.05, 0) is 25.6 Å². The van der Waals surface area contributed by atoms with Crippen molar-refractivity contribution < 1.29 is 33.5 Å². The molecule has 0 spiro atoms. The van der Waals surface area contributed by atoms with E-state index < -0.39 is 50.1 Å². The number of unbranched alkanes of at least 4 members (excludes halogenated alkanes) is 13. The first kappa shape index (κ1) is 36.2. The number of aromatic nitrogens is 2. The number of nitrogens with one attached hydrogen (secondary N) is 1. The Balaban J connectivity index is 1.57. The second-order valence-electron chi connectivity index (χ2n) is 11.4. The van der Waals surface area contributed by atoms with Crippen molar-refractivity contribution in [2.24, 2.45) is 5.73 Å². The van der Waals surface area contributed by atoms with Crippen LogP contribution in [-0.4, -0.2) is 61.7 Å². The molecular formula is C28H52N3O8PS. The lowest BCUT2D eigenvalue weighted by molar-refractivity contribution is -0.0978. The van der Waals surface area contributed by atoms with E-state index in [0.29, 0.717) is 6.42 Å². The molecular weight excluding hydrogens is 569 g/mol. The molecule has 41 heavy (non-hydrogen) atoms. The minimum Gasteiger partial charge on any atom is -0.387 e. The molecule has 13 heteroatoms. The summed E-state index contributed by atoms with van der Waals surface area (Å²) in [7, 11) is -4.48. The molecule has 1 fully saturated rings. The fourth-order valence-electron chi connectivity index (χ4n) is 5.07. The average Bonchev–Trinajstić information content (AvgIpc) is 3.14. The Bertz CT molecular complexity index is 1040. The Hall–Kier alpha value is -0.950. The molecule has 0 saturated carbocycles. The molecule has 1 aromatic rings. The van der Waals surface area contributed by atoms with E-state index in [0.717, 1.165) is 19.3 Å². The van der Waals surface area contributed by atoms with Gasteiger partial charge in [0.05, 0.1) is 13.2 Å². The van der Waals surface area contributed by atoms with Crippen molar-refractivity contribution >= 4 is 20.0 Å². The van der Waals surface area contributed by atoms with Gasteiger partial charge in [-0.15, -0.1) is 0 Å². The molecule has 2 heterocycles. The molecule has 1 saturated heterocycles. The van der Waals surface area contributed by atoms with Gasteiger partial charge < -0.3 is 25.6 Å². The number of H-pyrrole nitrogens is 1. The van der Waals surface area contributed by atoms with E-state index in [1.807, 2.05) is 0 Å². The number of rotatable bonds is 22. The van der Waals surface area contributed by atoms with E-state index in [2.05, 4.69) is 11.9 Å². The average molecular weight is 622 g/mol. The van der Waals surface area contributed by atoms with Gasteiger partial charge in [0.25, 0.3) is 5.56 Å². The monoisotopic (exact) mass is 621 g/mol. The van der Waals surface area contributed by atoms with Gasteiger partial charge >= 0.3 is 7.82 Å². The second-order valence-corrected chi connectivity index (χ2v) is 13.3. The zero-order chi connectivity index (χ0) is 30.3. The summed E-state index contributed by atoms with van der Waals surface area (Å²) in [5, 5.41) is 21.4. The van der Waals surface area contributed by atoms with Crippen molar-refractivity contribution in [3.63, 3.8) is 0 Å². The highest BCUT2D eigenvalue weighted by molar-refractivity contribution is 7.71. The van der Waals surface area contributed by atoms with Gasteiger partial charge in [-0.2, -0.15) is 0 Å². The quantitative estimate of drug-likeness (QED) is 0.0655. The summed E-state index contributed by atoms with van der Waals surface area (Å²) in [6.45, 7) is 2.92. The van der Waals surface area contributed by atoms with Crippen LogP contribution in [0.1, 0.15) is 116 Å². The zero-order valence-electron chi connectivity index (χ0n) is 24.7. The van der Waals surface area contributed by atoms with Gasteiger partial charge in [-0.25, -0.2) is 4.57 Å². The van der Waals surface area contributed by atoms with E-state index in [-0.39, 0.29) is 11.4 Å². The summed E-state index contributed by atoms with van der Waals surface area (Å²) in [5.74, 6) is 0. The summed E-state index contributed by atoms with van der Waals surface area (Å²) >= 11 is 5.11. The Kier molecular flexibility index (Phi) is 16.5. The SMILES string of the molecule is CCCCCCCCCCCCCCCC[C@@H](N)COP(=O)(O)OC[C@H]1O[C@@H](n2ccc(=O)[nH]c2=S)[C@](C)(O)C1O. The lowest BCUT2D eigenvalue weighted by atomic mass is 9.96. The van der Waals surface area contributed by atoms with E-state index in [1.165, 1.54) is 94.4 Å². The first-order chi connectivity index (χ1) is 19.5. The number of hydrogen-bond acceptors (Lipinski definition) is 9. The van der Waals surface area contributed by atoms with Crippen molar-refractivity contribution in [1.82, 2.24) is 9.55 Å². The summed E-state index contributed by atoms with van der Waals surface area (Å²) in [4.78, 5) is 24.0. The molecule has 11 nitrogen and oxygen atoms in total. The fourth-order valence-corrected chi connectivity index (χ4v) is 6.12. The largest absolute Gasteiger partial charge is 0.472 e. The Morgan fingerprint density at radius 3 is 2.15 bits per heavy atom. The van der Waals surface area contributed by atoms with Crippen LogP contribution < -0.4 is 11.3 Å². The van der Waals surface area contributed by atoms with Crippen molar-refractivity contribution in [2.75, 3.05) is 13.2 Å². The lowest BCUT2D eigenvalue weighted by Crippen LogP contribution is -2.44. The molecule has 0 aliphatic carbocycles. The Morgan fingerprint density at radius 1 is 1.07 bits per heavy atom. The fraction of sp³-hybridized carbons (Fsp3) is 0.857. The normalized spacial score (nSPS) is 24.9. The molecule has 1 aromatic heterocycles. The maximum Gasteiger partial charge on any atom is 0.472 e. The van der Waals surface area contributed by atoms with Crippen molar-refractivity contribution in [3.05, 3.63) is 27.4 Å². The third kappa shape index (κ3) is 13.1. The number of aliphatic hydroxyl groups excluding tert-OH is 1. The number of aromatic amines is 1. The van der Waals surface area contributed by atoms with Crippen molar-refractivity contribution in [2.45, 2.75) is 140 Å². The van der Waals surface area contributed by atoms with E-state index in [4.69, 9.17) is 31.7 Å². The summed E-state index contributed by atoms with van der Waals surface area (Å²) < 4.78 is 29.4. The van der Waals surface area contributed by atoms with Crippen LogP contribution in [0.3, 0.4) is 0 Å². The second kappa shape index (κ2) is 18.7. The van der Waals surface area contributed by atoms with Crippen LogP contribution in [0.25, 0.3) is 0 Å². The number of hydrogen-bond donors (Lipinski definition) is 5. The molecule has 1 aliphatic rings. The Labute approximate surface area is 249 Å². The third-order valence-electron chi connectivity index (χ3n) is 7.64. The van der Waals surface area contributed by atoms with Crippen LogP contribution in [0, 0.1) is 4.77 Å². The van der Waals surface area contributed by atoms with E-state index in [1.54, 1.807) is 0 Å². The number of phosphoric ester groups is 1. The van der Waals surface area contributed by atoms with Gasteiger partial charge in [0.2, 0.25) is 0 Å². The van der Waals surface area contributed by atoms with E-state index in [9.17, 15) is 24.5 Å². The van der Waals surface area contributed by atoms with E-state index >= 15 is 0 Å². The van der Waals surface area contributed by atoms with Crippen LogP contribution in [-0.2, 0) is 18.3 Å². The van der Waals surface area contributed by atoms with Crippen molar-refractivity contribution in [3.8, 4) is 0 Å².